The molecule has 1 amide bonds. The standard InChI is InChI=1S/C17H25N3O4/c1-19-4-10-24-16-14(17(21)18-3-7-22-2)11-13(12-15(16)19)20-5-8-23-9-6-20/h11-12H,3-10H2,1-2H3,(H,18,21). The van der Waals surface area contributed by atoms with E-state index in [0.29, 0.717) is 44.3 Å². The van der Waals surface area contributed by atoms with E-state index in [1.165, 1.54) is 0 Å². The lowest BCUT2D eigenvalue weighted by atomic mass is 10.1. The number of likely N-dealkylation sites (N-methyl/N-ethyl adjacent to an activating group) is 1. The third-order valence-corrected chi connectivity index (χ3v) is 4.35. The predicted octanol–water partition coefficient (Wildman–Crippen LogP) is 0.728. The molecule has 0 spiro atoms. The van der Waals surface area contributed by atoms with Gasteiger partial charge < -0.3 is 29.3 Å². The molecule has 3 rings (SSSR count). The van der Waals surface area contributed by atoms with Gasteiger partial charge in [0.25, 0.3) is 5.91 Å². The summed E-state index contributed by atoms with van der Waals surface area (Å²) in [6.07, 6.45) is 0. The van der Waals surface area contributed by atoms with Gasteiger partial charge in [-0.1, -0.05) is 0 Å². The molecule has 0 radical (unpaired) electrons. The summed E-state index contributed by atoms with van der Waals surface area (Å²) < 4.78 is 16.2. The van der Waals surface area contributed by atoms with E-state index in [1.807, 2.05) is 13.1 Å². The summed E-state index contributed by atoms with van der Waals surface area (Å²) in [5.41, 5.74) is 2.57. The number of carbonyl (C=O) groups is 1. The molecule has 2 heterocycles. The smallest absolute Gasteiger partial charge is 0.255 e. The molecule has 2 aliphatic rings. The fraction of sp³-hybridized carbons (Fsp3) is 0.588. The van der Waals surface area contributed by atoms with E-state index in [9.17, 15) is 4.79 Å². The number of amides is 1. The average molecular weight is 335 g/mol. The molecule has 7 heteroatoms. The third-order valence-electron chi connectivity index (χ3n) is 4.35. The minimum atomic E-state index is -0.131. The van der Waals surface area contributed by atoms with Crippen molar-refractivity contribution in [3.8, 4) is 5.75 Å². The molecular formula is C17H25N3O4. The van der Waals surface area contributed by atoms with Crippen LogP contribution in [0.2, 0.25) is 0 Å². The zero-order chi connectivity index (χ0) is 16.9. The fourth-order valence-corrected chi connectivity index (χ4v) is 2.97. The van der Waals surface area contributed by atoms with Gasteiger partial charge in [0.15, 0.2) is 5.75 Å². The van der Waals surface area contributed by atoms with Crippen LogP contribution in [0.1, 0.15) is 10.4 Å². The molecule has 0 unspecified atom stereocenters. The van der Waals surface area contributed by atoms with E-state index in [2.05, 4.69) is 21.2 Å². The van der Waals surface area contributed by atoms with Crippen molar-refractivity contribution in [1.29, 1.82) is 0 Å². The van der Waals surface area contributed by atoms with E-state index < -0.39 is 0 Å². The van der Waals surface area contributed by atoms with E-state index in [1.54, 1.807) is 7.11 Å². The molecule has 1 saturated heterocycles. The molecule has 2 aliphatic heterocycles. The van der Waals surface area contributed by atoms with Gasteiger partial charge in [0.2, 0.25) is 0 Å². The monoisotopic (exact) mass is 335 g/mol. The van der Waals surface area contributed by atoms with Crippen LogP contribution in [0.25, 0.3) is 0 Å². The Balaban J connectivity index is 1.92. The molecule has 0 aromatic heterocycles. The van der Waals surface area contributed by atoms with Crippen molar-refractivity contribution in [3.05, 3.63) is 17.7 Å². The van der Waals surface area contributed by atoms with Crippen LogP contribution < -0.4 is 19.9 Å². The molecule has 132 valence electrons. The number of fused-ring (bicyclic) bond motifs is 1. The van der Waals surface area contributed by atoms with E-state index >= 15 is 0 Å². The highest BCUT2D eigenvalue weighted by Crippen LogP contribution is 2.38. The Kier molecular flexibility index (Phi) is 5.42. The summed E-state index contributed by atoms with van der Waals surface area (Å²) >= 11 is 0. The van der Waals surface area contributed by atoms with E-state index in [-0.39, 0.29) is 5.91 Å². The molecule has 1 fully saturated rings. The number of nitrogens with one attached hydrogen (secondary N) is 1. The first-order valence-corrected chi connectivity index (χ1v) is 8.32. The first kappa shape index (κ1) is 16.9. The van der Waals surface area contributed by atoms with Crippen molar-refractivity contribution in [2.45, 2.75) is 0 Å². The lowest BCUT2D eigenvalue weighted by Gasteiger charge is -2.33. The highest BCUT2D eigenvalue weighted by molar-refractivity contribution is 6.00. The lowest BCUT2D eigenvalue weighted by Crippen LogP contribution is -2.37. The topological polar surface area (TPSA) is 63.3 Å². The summed E-state index contributed by atoms with van der Waals surface area (Å²) in [5.74, 6) is 0.532. The van der Waals surface area contributed by atoms with Gasteiger partial charge in [-0.05, 0) is 12.1 Å². The van der Waals surface area contributed by atoms with Crippen LogP contribution in [0.3, 0.4) is 0 Å². The second-order valence-corrected chi connectivity index (χ2v) is 5.96. The fourth-order valence-electron chi connectivity index (χ4n) is 2.97. The Bertz CT molecular complexity index is 587. The second kappa shape index (κ2) is 7.72. The third kappa shape index (κ3) is 3.57. The molecule has 0 saturated carbocycles. The number of carbonyl (C=O) groups excluding carboxylic acids is 1. The summed E-state index contributed by atoms with van der Waals surface area (Å²) in [6.45, 7) is 5.42. The van der Waals surface area contributed by atoms with Crippen LogP contribution in [0, 0.1) is 0 Å². The SMILES string of the molecule is COCCNC(=O)c1cc(N2CCOCC2)cc2c1OCCN2C. The maximum absolute atomic E-state index is 12.6. The van der Waals surface area contributed by atoms with Crippen LogP contribution >= 0.6 is 0 Å². The quantitative estimate of drug-likeness (QED) is 0.801. The highest BCUT2D eigenvalue weighted by atomic mass is 16.5. The van der Waals surface area contributed by atoms with Gasteiger partial charge in [-0.15, -0.1) is 0 Å². The van der Waals surface area contributed by atoms with Crippen LogP contribution in [0.15, 0.2) is 12.1 Å². The van der Waals surface area contributed by atoms with Crippen molar-refractivity contribution in [2.24, 2.45) is 0 Å². The molecule has 0 bridgehead atoms. The second-order valence-electron chi connectivity index (χ2n) is 5.96. The number of morpholine rings is 1. The largest absolute Gasteiger partial charge is 0.489 e. The summed E-state index contributed by atoms with van der Waals surface area (Å²) in [7, 11) is 3.64. The van der Waals surface area contributed by atoms with Crippen molar-refractivity contribution < 1.29 is 19.0 Å². The summed E-state index contributed by atoms with van der Waals surface area (Å²) in [6, 6.07) is 4.02. The van der Waals surface area contributed by atoms with Crippen LogP contribution in [-0.4, -0.2) is 72.7 Å². The Labute approximate surface area is 142 Å². The molecule has 1 aromatic rings. The number of rotatable bonds is 5. The summed E-state index contributed by atoms with van der Waals surface area (Å²) in [4.78, 5) is 17.0. The van der Waals surface area contributed by atoms with Gasteiger partial charge in [-0.25, -0.2) is 0 Å². The normalized spacial score (nSPS) is 17.2. The van der Waals surface area contributed by atoms with Crippen molar-refractivity contribution in [1.82, 2.24) is 5.32 Å². The number of nitrogens with zero attached hydrogens (tertiary/aromatic N) is 2. The minimum absolute atomic E-state index is 0.131. The molecular weight excluding hydrogens is 310 g/mol. The van der Waals surface area contributed by atoms with Crippen molar-refractivity contribution in [3.63, 3.8) is 0 Å². The van der Waals surface area contributed by atoms with Crippen LogP contribution in [0.4, 0.5) is 11.4 Å². The molecule has 0 atom stereocenters. The van der Waals surface area contributed by atoms with Gasteiger partial charge in [-0.2, -0.15) is 0 Å². The van der Waals surface area contributed by atoms with Gasteiger partial charge in [-0.3, -0.25) is 4.79 Å². The maximum atomic E-state index is 12.6. The average Bonchev–Trinajstić information content (AvgIpc) is 2.62. The molecule has 24 heavy (non-hydrogen) atoms. The maximum Gasteiger partial charge on any atom is 0.255 e. The lowest BCUT2D eigenvalue weighted by molar-refractivity contribution is 0.0933. The van der Waals surface area contributed by atoms with E-state index in [0.717, 1.165) is 31.0 Å². The zero-order valence-electron chi connectivity index (χ0n) is 14.3. The minimum Gasteiger partial charge on any atom is -0.489 e. The Hall–Kier alpha value is -1.99. The number of benzene rings is 1. The number of hydrogen-bond acceptors (Lipinski definition) is 6. The number of anilines is 2. The van der Waals surface area contributed by atoms with Gasteiger partial charge in [0.1, 0.15) is 6.61 Å². The molecule has 0 aliphatic carbocycles. The van der Waals surface area contributed by atoms with Crippen LogP contribution in [-0.2, 0) is 9.47 Å². The van der Waals surface area contributed by atoms with Gasteiger partial charge >= 0.3 is 0 Å². The van der Waals surface area contributed by atoms with Crippen LogP contribution in [0.5, 0.6) is 5.75 Å². The zero-order valence-corrected chi connectivity index (χ0v) is 14.3. The molecule has 1 aromatic carbocycles. The highest BCUT2D eigenvalue weighted by Gasteiger charge is 2.25. The number of hydrogen-bond donors (Lipinski definition) is 1. The predicted molar refractivity (Wildman–Crippen MR) is 92.4 cm³/mol. The Morgan fingerprint density at radius 3 is 2.79 bits per heavy atom. The Morgan fingerprint density at radius 2 is 2.04 bits per heavy atom. The summed E-state index contributed by atoms with van der Waals surface area (Å²) in [5, 5.41) is 2.89. The van der Waals surface area contributed by atoms with Crippen molar-refractivity contribution >= 4 is 17.3 Å². The first-order chi connectivity index (χ1) is 11.7. The Morgan fingerprint density at radius 1 is 1.25 bits per heavy atom. The van der Waals surface area contributed by atoms with Gasteiger partial charge in [0.05, 0.1) is 37.6 Å². The molecule has 7 nitrogen and oxygen atoms in total. The van der Waals surface area contributed by atoms with Crippen molar-refractivity contribution in [2.75, 3.05) is 76.6 Å². The van der Waals surface area contributed by atoms with E-state index in [4.69, 9.17) is 14.2 Å². The van der Waals surface area contributed by atoms with Gasteiger partial charge in [0, 0.05) is 39.5 Å². The number of ether oxygens (including phenoxy) is 3. The number of methoxy groups -OCH3 is 1. The molecule has 1 N–H and O–H groups in total. The first-order valence-electron chi connectivity index (χ1n) is 8.32.